The molecule has 4 heteroatoms. The third-order valence-corrected chi connectivity index (χ3v) is 13.1. The molecule has 0 heterocycles. The molecule has 0 aliphatic heterocycles. The number of hydrogen-bond acceptors (Lipinski definition) is 3. The first-order valence-electron chi connectivity index (χ1n) is 18.2. The molecule has 0 aliphatic carbocycles. The van der Waals surface area contributed by atoms with Crippen molar-refractivity contribution in [2.24, 2.45) is 0 Å². The number of para-hydroxylation sites is 2. The molecule has 0 aromatic heterocycles. The number of anilines is 6. The van der Waals surface area contributed by atoms with E-state index in [1.807, 2.05) is 78.9 Å². The normalized spacial score (nSPS) is 11.4. The predicted molar refractivity (Wildman–Crippen MR) is 230 cm³/mol. The van der Waals surface area contributed by atoms with E-state index < -0.39 is 7.14 Å². The predicted octanol–water partition coefficient (Wildman–Crippen LogP) is 12.6. The van der Waals surface area contributed by atoms with Gasteiger partial charge in [-0.05, 0) is 60.0 Å². The fraction of sp³-hybridized carbons (Fsp3) is 0. The summed E-state index contributed by atoms with van der Waals surface area (Å²) in [6, 6.07) is 77.3. The first-order valence-corrected chi connectivity index (χ1v) is 19.9. The van der Waals surface area contributed by atoms with Gasteiger partial charge in [0.1, 0.15) is 0 Å². The highest BCUT2D eigenvalue weighted by molar-refractivity contribution is 7.85. The summed E-state index contributed by atoms with van der Waals surface area (Å²) in [5.74, 6) is 0. The molecule has 0 atom stereocenters. The minimum Gasteiger partial charge on any atom is -0.310 e. The van der Waals surface area contributed by atoms with Gasteiger partial charge in [0.05, 0.1) is 17.1 Å². The summed E-state index contributed by atoms with van der Waals surface area (Å²) in [6.45, 7) is 0. The summed E-state index contributed by atoms with van der Waals surface area (Å²) in [5, 5.41) is 6.98. The van der Waals surface area contributed by atoms with E-state index in [4.69, 9.17) is 0 Å². The Morgan fingerprint density at radius 3 is 1.28 bits per heavy atom. The zero-order chi connectivity index (χ0) is 36.3. The summed E-state index contributed by atoms with van der Waals surface area (Å²) in [6.07, 6.45) is 0. The largest absolute Gasteiger partial charge is 0.310 e. The maximum Gasteiger partial charge on any atom is 0.171 e. The second-order valence-electron chi connectivity index (χ2n) is 13.3. The zero-order valence-electron chi connectivity index (χ0n) is 29.6. The van der Waals surface area contributed by atoms with Crippen LogP contribution in [-0.2, 0) is 4.57 Å². The summed E-state index contributed by atoms with van der Waals surface area (Å²) in [5.41, 5.74) is 6.24. The first-order chi connectivity index (χ1) is 26.7. The van der Waals surface area contributed by atoms with E-state index in [0.29, 0.717) is 0 Å². The molecule has 0 saturated carbocycles. The highest BCUT2D eigenvalue weighted by Gasteiger charge is 2.31. The lowest BCUT2D eigenvalue weighted by Crippen LogP contribution is -2.25. The van der Waals surface area contributed by atoms with E-state index >= 15 is 4.57 Å². The molecule has 0 bridgehead atoms. The van der Waals surface area contributed by atoms with Gasteiger partial charge in [-0.15, -0.1) is 0 Å². The molecule has 258 valence electrons. The molecule has 0 N–H and O–H groups in total. The molecular weight excluding hydrogens is 676 g/mol. The van der Waals surface area contributed by atoms with Crippen LogP contribution in [0, 0.1) is 0 Å². The Balaban J connectivity index is 1.26. The quantitative estimate of drug-likeness (QED) is 0.139. The highest BCUT2D eigenvalue weighted by atomic mass is 31.2. The second-order valence-corrected chi connectivity index (χ2v) is 16.1. The number of benzene rings is 9. The Morgan fingerprint density at radius 1 is 0.296 bits per heavy atom. The minimum absolute atomic E-state index is 0.783. The van der Waals surface area contributed by atoms with Crippen molar-refractivity contribution in [2.45, 2.75) is 0 Å². The fourth-order valence-electron chi connectivity index (χ4n) is 7.60. The van der Waals surface area contributed by atoms with Crippen LogP contribution in [0.5, 0.6) is 0 Å². The molecule has 0 radical (unpaired) electrons. The van der Waals surface area contributed by atoms with Gasteiger partial charge in [-0.2, -0.15) is 0 Å². The van der Waals surface area contributed by atoms with Crippen LogP contribution in [0.25, 0.3) is 21.5 Å². The molecule has 3 nitrogen and oxygen atoms in total. The van der Waals surface area contributed by atoms with Crippen LogP contribution in [0.15, 0.2) is 224 Å². The Labute approximate surface area is 316 Å². The topological polar surface area (TPSA) is 23.6 Å². The molecule has 0 spiro atoms. The van der Waals surface area contributed by atoms with Crippen LogP contribution >= 0.6 is 7.14 Å². The first kappa shape index (κ1) is 33.2. The molecule has 9 rings (SSSR count). The fourth-order valence-corrected chi connectivity index (χ4v) is 10.3. The van der Waals surface area contributed by atoms with Crippen LogP contribution in [-0.4, -0.2) is 0 Å². The van der Waals surface area contributed by atoms with Gasteiger partial charge in [0, 0.05) is 49.1 Å². The second kappa shape index (κ2) is 14.4. The van der Waals surface area contributed by atoms with Crippen molar-refractivity contribution >= 4 is 78.7 Å². The molecule has 0 aliphatic rings. The molecule has 9 aromatic rings. The third-order valence-electron chi connectivity index (χ3n) is 10.1. The number of fused-ring (bicyclic) bond motifs is 2. The summed E-state index contributed by atoms with van der Waals surface area (Å²) in [7, 11) is -3.22. The van der Waals surface area contributed by atoms with E-state index in [1.165, 1.54) is 10.8 Å². The van der Waals surface area contributed by atoms with Crippen LogP contribution < -0.4 is 25.7 Å². The zero-order valence-corrected chi connectivity index (χ0v) is 30.5. The summed E-state index contributed by atoms with van der Waals surface area (Å²) in [4.78, 5) is 4.67. The van der Waals surface area contributed by atoms with Crippen LogP contribution in [0.3, 0.4) is 0 Å². The van der Waals surface area contributed by atoms with Crippen LogP contribution in [0.4, 0.5) is 34.1 Å². The van der Waals surface area contributed by atoms with Gasteiger partial charge in [0.15, 0.2) is 7.14 Å². The van der Waals surface area contributed by atoms with Crippen molar-refractivity contribution in [2.75, 3.05) is 9.80 Å². The Morgan fingerprint density at radius 2 is 0.685 bits per heavy atom. The van der Waals surface area contributed by atoms with Crippen molar-refractivity contribution in [3.05, 3.63) is 224 Å². The van der Waals surface area contributed by atoms with Crippen molar-refractivity contribution < 1.29 is 4.57 Å². The van der Waals surface area contributed by atoms with E-state index in [9.17, 15) is 0 Å². The lowest BCUT2D eigenvalue weighted by molar-refractivity contribution is 0.592. The highest BCUT2D eigenvalue weighted by Crippen LogP contribution is 2.48. The molecule has 0 saturated heterocycles. The van der Waals surface area contributed by atoms with E-state index in [1.54, 1.807) is 0 Å². The van der Waals surface area contributed by atoms with Crippen LogP contribution in [0.2, 0.25) is 0 Å². The average molecular weight is 713 g/mol. The van der Waals surface area contributed by atoms with Crippen molar-refractivity contribution in [3.8, 4) is 0 Å². The van der Waals surface area contributed by atoms with Crippen molar-refractivity contribution in [3.63, 3.8) is 0 Å². The Hall–Kier alpha value is -6.67. The SMILES string of the molecule is O=P(c1ccccc1)(c1ccccc1)c1cccc(N(c2ccccc2)c2ccc(N(c3ccccc3)c3cccc4ccccc34)c3ccccc23)c1. The number of hydrogen-bond donors (Lipinski definition) is 0. The Bertz CT molecular complexity index is 2700. The van der Waals surface area contributed by atoms with E-state index in [-0.39, 0.29) is 0 Å². The molecule has 0 fully saturated rings. The smallest absolute Gasteiger partial charge is 0.171 e. The van der Waals surface area contributed by atoms with Gasteiger partial charge in [-0.1, -0.05) is 170 Å². The summed E-state index contributed by atoms with van der Waals surface area (Å²) < 4.78 is 15.5. The van der Waals surface area contributed by atoms with E-state index in [2.05, 4.69) is 155 Å². The average Bonchev–Trinajstić information content (AvgIpc) is 3.26. The minimum atomic E-state index is -3.22. The molecule has 0 unspecified atom stereocenters. The monoisotopic (exact) mass is 712 g/mol. The van der Waals surface area contributed by atoms with Gasteiger partial charge < -0.3 is 14.4 Å². The molecule has 9 aromatic carbocycles. The lowest BCUT2D eigenvalue weighted by atomic mass is 10.0. The molecular formula is C50H37N2OP. The van der Waals surface area contributed by atoms with Crippen molar-refractivity contribution in [1.82, 2.24) is 0 Å². The maximum atomic E-state index is 15.5. The van der Waals surface area contributed by atoms with Crippen molar-refractivity contribution in [1.29, 1.82) is 0 Å². The number of nitrogens with zero attached hydrogens (tertiary/aromatic N) is 2. The number of rotatable bonds is 9. The summed E-state index contributed by atoms with van der Waals surface area (Å²) >= 11 is 0. The van der Waals surface area contributed by atoms with Gasteiger partial charge in [0.25, 0.3) is 0 Å². The van der Waals surface area contributed by atoms with Crippen LogP contribution in [0.1, 0.15) is 0 Å². The molecule has 54 heavy (non-hydrogen) atoms. The van der Waals surface area contributed by atoms with E-state index in [0.717, 1.165) is 60.8 Å². The van der Waals surface area contributed by atoms with Gasteiger partial charge in [-0.25, -0.2) is 0 Å². The maximum absolute atomic E-state index is 15.5. The lowest BCUT2D eigenvalue weighted by Gasteiger charge is -2.31. The van der Waals surface area contributed by atoms with Gasteiger partial charge >= 0.3 is 0 Å². The Kier molecular flexibility index (Phi) is 8.84. The van der Waals surface area contributed by atoms with Gasteiger partial charge in [-0.3, -0.25) is 0 Å². The van der Waals surface area contributed by atoms with Gasteiger partial charge in [0.2, 0.25) is 0 Å². The third kappa shape index (κ3) is 5.95. The standard InChI is InChI=1S/C50H37N2OP/c53-54(42-26-9-3-10-27-42,43-28-11-4-12-29-43)44-30-18-25-41(37-44)51(39-21-5-1-6-22-39)49-35-36-50(47-33-16-15-32-46(47)49)52(40-23-7-2-8-24-40)48-34-17-20-38-19-13-14-31-45(38)48/h1-37H. The molecule has 0 amide bonds.